The van der Waals surface area contributed by atoms with E-state index in [2.05, 4.69) is 16.9 Å². The number of methoxy groups -OCH3 is 1. The summed E-state index contributed by atoms with van der Waals surface area (Å²) < 4.78 is 25.2. The summed E-state index contributed by atoms with van der Waals surface area (Å²) in [5, 5.41) is 2.54. The Morgan fingerprint density at radius 2 is 2.18 bits per heavy atom. The van der Waals surface area contributed by atoms with Crippen molar-refractivity contribution in [3.63, 3.8) is 0 Å². The van der Waals surface area contributed by atoms with Crippen molar-refractivity contribution in [2.75, 3.05) is 24.8 Å². The number of aryl methyl sites for hydroxylation is 1. The lowest BCUT2D eigenvalue weighted by Gasteiger charge is -2.13. The molecule has 28 heavy (non-hydrogen) atoms. The van der Waals surface area contributed by atoms with E-state index in [-0.39, 0.29) is 22.8 Å². The fourth-order valence-corrected chi connectivity index (χ4v) is 2.61. The van der Waals surface area contributed by atoms with E-state index in [0.717, 1.165) is 24.8 Å². The maximum Gasteiger partial charge on any atom is 0.259 e. The van der Waals surface area contributed by atoms with E-state index in [0.29, 0.717) is 18.9 Å². The molecule has 2 rings (SSSR count). The number of benzene rings is 1. The molecule has 0 fully saturated rings. The van der Waals surface area contributed by atoms with Gasteiger partial charge in [0.15, 0.2) is 11.6 Å². The van der Waals surface area contributed by atoms with Crippen molar-refractivity contribution in [1.82, 2.24) is 4.98 Å². The van der Waals surface area contributed by atoms with Crippen molar-refractivity contribution in [3.05, 3.63) is 59.6 Å². The van der Waals surface area contributed by atoms with Gasteiger partial charge < -0.3 is 20.5 Å². The van der Waals surface area contributed by atoms with Gasteiger partial charge in [0.1, 0.15) is 5.82 Å². The number of ether oxygens (including phenoxy) is 2. The molecule has 0 bridgehead atoms. The van der Waals surface area contributed by atoms with Crippen LogP contribution in [0.4, 0.5) is 15.9 Å². The van der Waals surface area contributed by atoms with E-state index >= 15 is 0 Å². The molecule has 1 heterocycles. The number of amides is 1. The van der Waals surface area contributed by atoms with Crippen LogP contribution in [0.25, 0.3) is 0 Å². The lowest BCUT2D eigenvalue weighted by Crippen LogP contribution is -2.17. The Morgan fingerprint density at radius 3 is 2.89 bits per heavy atom. The first-order valence-corrected chi connectivity index (χ1v) is 9.06. The van der Waals surface area contributed by atoms with Gasteiger partial charge in [-0.05, 0) is 49.9 Å². The lowest BCUT2D eigenvalue weighted by molar-refractivity contribution is 0.102. The van der Waals surface area contributed by atoms with E-state index in [1.807, 2.05) is 6.08 Å². The monoisotopic (exact) mass is 387 g/mol. The van der Waals surface area contributed by atoms with Gasteiger partial charge in [-0.15, -0.1) is 6.58 Å². The number of allylic oxidation sites excluding steroid dienone is 1. The third-order valence-corrected chi connectivity index (χ3v) is 4.14. The first kappa shape index (κ1) is 21.4. The van der Waals surface area contributed by atoms with E-state index in [9.17, 15) is 9.18 Å². The summed E-state index contributed by atoms with van der Waals surface area (Å²) in [4.78, 5) is 16.8. The van der Waals surface area contributed by atoms with Gasteiger partial charge in [0.05, 0.1) is 30.2 Å². The predicted molar refractivity (Wildman–Crippen MR) is 108 cm³/mol. The molecule has 0 unspecified atom stereocenters. The van der Waals surface area contributed by atoms with Crippen LogP contribution in [-0.2, 0) is 11.3 Å². The van der Waals surface area contributed by atoms with E-state index in [1.165, 1.54) is 12.1 Å². The molecule has 2 aromatic rings. The summed E-state index contributed by atoms with van der Waals surface area (Å²) >= 11 is 0. The fourth-order valence-electron chi connectivity index (χ4n) is 2.61. The number of carbonyl (C=O) groups excluding carboxylic acids is 1. The number of nitrogens with two attached hydrogens (primary N) is 1. The Balaban J connectivity index is 2.11. The van der Waals surface area contributed by atoms with Crippen molar-refractivity contribution < 1.29 is 18.7 Å². The van der Waals surface area contributed by atoms with Crippen LogP contribution in [-0.4, -0.2) is 24.6 Å². The van der Waals surface area contributed by atoms with Crippen LogP contribution in [0.1, 0.15) is 40.9 Å². The van der Waals surface area contributed by atoms with Gasteiger partial charge in [0.25, 0.3) is 5.91 Å². The van der Waals surface area contributed by atoms with Crippen molar-refractivity contribution in [2.45, 2.75) is 32.8 Å². The van der Waals surface area contributed by atoms with E-state index < -0.39 is 11.7 Å². The SMILES string of the molecule is C=CCCCCOc1cccc(NC(=O)c2cc(C)c(COC)nc2N)c1F. The number of nitrogens with zero attached hydrogens (tertiary/aromatic N) is 1. The molecule has 0 radical (unpaired) electrons. The summed E-state index contributed by atoms with van der Waals surface area (Å²) in [5.74, 6) is -1.02. The predicted octanol–water partition coefficient (Wildman–Crippen LogP) is 4.25. The van der Waals surface area contributed by atoms with Crippen LogP contribution in [0.5, 0.6) is 5.75 Å². The third kappa shape index (κ3) is 5.53. The lowest BCUT2D eigenvalue weighted by atomic mass is 10.1. The molecule has 0 saturated carbocycles. The summed E-state index contributed by atoms with van der Waals surface area (Å²) in [6.45, 7) is 6.14. The van der Waals surface area contributed by atoms with Gasteiger partial charge in [0.2, 0.25) is 0 Å². The zero-order chi connectivity index (χ0) is 20.5. The minimum Gasteiger partial charge on any atom is -0.490 e. The average molecular weight is 387 g/mol. The molecular weight excluding hydrogens is 361 g/mol. The Morgan fingerprint density at radius 1 is 1.39 bits per heavy atom. The molecule has 1 amide bonds. The van der Waals surface area contributed by atoms with Crippen LogP contribution in [0.3, 0.4) is 0 Å². The molecule has 3 N–H and O–H groups in total. The summed E-state index contributed by atoms with van der Waals surface area (Å²) in [6, 6.07) is 6.22. The van der Waals surface area contributed by atoms with Gasteiger partial charge in [-0.3, -0.25) is 4.79 Å². The standard InChI is InChI=1S/C21H26FN3O3/c1-4-5-6-7-11-28-18-10-8-9-16(19(18)22)25-21(26)15-12-14(2)17(13-27-3)24-20(15)23/h4,8-10,12H,1,5-7,11,13H2,2-3H3,(H2,23,24)(H,25,26). The molecule has 7 heteroatoms. The topological polar surface area (TPSA) is 86.5 Å². The Hall–Kier alpha value is -2.93. The maximum absolute atomic E-state index is 14.6. The molecule has 0 aliphatic rings. The largest absolute Gasteiger partial charge is 0.490 e. The molecule has 1 aromatic carbocycles. The molecule has 150 valence electrons. The molecule has 0 aliphatic heterocycles. The van der Waals surface area contributed by atoms with Gasteiger partial charge in [-0.2, -0.15) is 0 Å². The normalized spacial score (nSPS) is 10.5. The van der Waals surface area contributed by atoms with Crippen LogP contribution in [0.15, 0.2) is 36.9 Å². The van der Waals surface area contributed by atoms with Crippen molar-refractivity contribution in [1.29, 1.82) is 0 Å². The van der Waals surface area contributed by atoms with Gasteiger partial charge in [0, 0.05) is 7.11 Å². The number of aromatic nitrogens is 1. The zero-order valence-electron chi connectivity index (χ0n) is 16.3. The van der Waals surface area contributed by atoms with Crippen LogP contribution in [0.2, 0.25) is 0 Å². The molecule has 1 aromatic heterocycles. The number of hydrogen-bond acceptors (Lipinski definition) is 5. The Kier molecular flexibility index (Phi) is 7.95. The number of pyridine rings is 1. The second-order valence-electron chi connectivity index (χ2n) is 6.32. The quantitative estimate of drug-likeness (QED) is 0.470. The summed E-state index contributed by atoms with van der Waals surface area (Å²) in [5.41, 5.74) is 7.50. The highest BCUT2D eigenvalue weighted by atomic mass is 19.1. The van der Waals surface area contributed by atoms with Gasteiger partial charge >= 0.3 is 0 Å². The summed E-state index contributed by atoms with van der Waals surface area (Å²) in [7, 11) is 1.55. The van der Waals surface area contributed by atoms with Crippen molar-refractivity contribution in [2.24, 2.45) is 0 Å². The molecule has 0 aliphatic carbocycles. The maximum atomic E-state index is 14.6. The van der Waals surface area contributed by atoms with Crippen LogP contribution < -0.4 is 15.8 Å². The number of rotatable bonds is 10. The highest BCUT2D eigenvalue weighted by Gasteiger charge is 2.17. The first-order valence-electron chi connectivity index (χ1n) is 9.06. The Labute approximate surface area is 164 Å². The number of unbranched alkanes of at least 4 members (excludes halogenated alkanes) is 2. The highest BCUT2D eigenvalue weighted by Crippen LogP contribution is 2.26. The van der Waals surface area contributed by atoms with E-state index in [1.54, 1.807) is 26.2 Å². The van der Waals surface area contributed by atoms with Crippen LogP contribution >= 0.6 is 0 Å². The highest BCUT2D eigenvalue weighted by molar-refractivity contribution is 6.07. The Bertz CT molecular complexity index is 840. The number of halogens is 1. The minimum atomic E-state index is -0.626. The summed E-state index contributed by atoms with van der Waals surface area (Å²) in [6.07, 6.45) is 4.43. The van der Waals surface area contributed by atoms with Crippen molar-refractivity contribution >= 4 is 17.4 Å². The van der Waals surface area contributed by atoms with Crippen LogP contribution in [0, 0.1) is 12.7 Å². The van der Waals surface area contributed by atoms with Gasteiger partial charge in [-0.25, -0.2) is 9.37 Å². The van der Waals surface area contributed by atoms with Gasteiger partial charge in [-0.1, -0.05) is 12.1 Å². The molecule has 0 spiro atoms. The zero-order valence-corrected chi connectivity index (χ0v) is 16.3. The molecule has 0 atom stereocenters. The number of nitrogens with one attached hydrogen (secondary N) is 1. The first-order chi connectivity index (χ1) is 13.5. The number of nitrogen functional groups attached to an aromatic ring is 1. The second-order valence-corrected chi connectivity index (χ2v) is 6.32. The number of anilines is 2. The molecule has 0 saturated heterocycles. The average Bonchev–Trinajstić information content (AvgIpc) is 2.67. The number of carbonyl (C=O) groups is 1. The molecule has 6 nitrogen and oxygen atoms in total. The molecular formula is C21H26FN3O3. The van der Waals surface area contributed by atoms with Crippen molar-refractivity contribution in [3.8, 4) is 5.75 Å². The fraction of sp³-hybridized carbons (Fsp3) is 0.333. The minimum absolute atomic E-state index is 0.0200. The number of hydrogen-bond donors (Lipinski definition) is 2. The van der Waals surface area contributed by atoms with E-state index in [4.69, 9.17) is 15.2 Å². The smallest absolute Gasteiger partial charge is 0.259 e. The second kappa shape index (κ2) is 10.4. The third-order valence-electron chi connectivity index (χ3n) is 4.14.